The summed E-state index contributed by atoms with van der Waals surface area (Å²) >= 11 is 0. The fourth-order valence-corrected chi connectivity index (χ4v) is 3.77. The molecule has 1 fully saturated rings. The van der Waals surface area contributed by atoms with Gasteiger partial charge in [-0.25, -0.2) is 4.39 Å². The Kier molecular flexibility index (Phi) is 6.70. The molecule has 2 heterocycles. The van der Waals surface area contributed by atoms with Crippen LogP contribution in [0, 0.1) is 5.82 Å². The maximum Gasteiger partial charge on any atom is 0.254 e. The van der Waals surface area contributed by atoms with Crippen molar-refractivity contribution in [3.05, 3.63) is 65.6 Å². The predicted octanol–water partition coefficient (Wildman–Crippen LogP) is 4.32. The van der Waals surface area contributed by atoms with E-state index in [2.05, 4.69) is 5.16 Å². The average Bonchev–Trinajstić information content (AvgIpc) is 3.50. The van der Waals surface area contributed by atoms with Gasteiger partial charge in [-0.05, 0) is 49.2 Å². The first-order valence-electron chi connectivity index (χ1n) is 10.4. The second kappa shape index (κ2) is 9.82. The summed E-state index contributed by atoms with van der Waals surface area (Å²) in [5.74, 6) is 1.01. The molecule has 2 aromatic carbocycles. The number of amides is 1. The van der Waals surface area contributed by atoms with Crippen LogP contribution in [0.5, 0.6) is 11.5 Å². The van der Waals surface area contributed by atoms with E-state index < -0.39 is 5.82 Å². The molecule has 7 nitrogen and oxygen atoms in total. The fraction of sp³-hybridized carbons (Fsp3) is 0.333. The lowest BCUT2D eigenvalue weighted by Crippen LogP contribution is -2.37. The summed E-state index contributed by atoms with van der Waals surface area (Å²) in [6, 6.07) is 12.8. The number of benzene rings is 2. The van der Waals surface area contributed by atoms with Crippen molar-refractivity contribution in [1.82, 2.24) is 10.1 Å². The Morgan fingerprint density at radius 1 is 1.19 bits per heavy atom. The van der Waals surface area contributed by atoms with Crippen LogP contribution < -0.4 is 9.47 Å². The minimum atomic E-state index is -0.457. The first-order valence-corrected chi connectivity index (χ1v) is 10.4. The normalized spacial score (nSPS) is 15.5. The van der Waals surface area contributed by atoms with Gasteiger partial charge in [-0.1, -0.05) is 11.2 Å². The first kappa shape index (κ1) is 21.8. The molecule has 1 saturated heterocycles. The number of aromatic nitrogens is 1. The summed E-state index contributed by atoms with van der Waals surface area (Å²) in [6.45, 7) is 1.27. The summed E-state index contributed by atoms with van der Waals surface area (Å²) in [7, 11) is 3.15. The molecule has 8 heteroatoms. The zero-order valence-electron chi connectivity index (χ0n) is 18.0. The van der Waals surface area contributed by atoms with Gasteiger partial charge >= 0.3 is 0 Å². The van der Waals surface area contributed by atoms with E-state index in [1.807, 2.05) is 0 Å². The van der Waals surface area contributed by atoms with Gasteiger partial charge in [0.25, 0.3) is 5.91 Å². The molecule has 0 radical (unpaired) electrons. The van der Waals surface area contributed by atoms with Crippen LogP contribution in [-0.2, 0) is 11.3 Å². The van der Waals surface area contributed by atoms with E-state index in [-0.39, 0.29) is 24.1 Å². The highest BCUT2D eigenvalue weighted by molar-refractivity contribution is 5.94. The minimum absolute atomic E-state index is 0.0580. The molecule has 1 aliphatic rings. The number of methoxy groups -OCH3 is 2. The molecule has 0 saturated carbocycles. The molecule has 0 N–H and O–H groups in total. The third-order valence-electron chi connectivity index (χ3n) is 5.39. The van der Waals surface area contributed by atoms with Crippen molar-refractivity contribution < 1.29 is 27.9 Å². The maximum absolute atomic E-state index is 13.7. The number of halogens is 1. The molecule has 1 aromatic heterocycles. The van der Waals surface area contributed by atoms with Crippen LogP contribution in [0.2, 0.25) is 0 Å². The Labute approximate surface area is 185 Å². The molecule has 1 aliphatic heterocycles. The van der Waals surface area contributed by atoms with Gasteiger partial charge in [0.15, 0.2) is 5.76 Å². The van der Waals surface area contributed by atoms with Crippen LogP contribution in [0.25, 0.3) is 11.3 Å². The number of nitrogens with zero attached hydrogens (tertiary/aromatic N) is 2. The molecule has 0 spiro atoms. The number of hydrogen-bond acceptors (Lipinski definition) is 6. The molecule has 0 unspecified atom stereocenters. The maximum atomic E-state index is 13.7. The molecule has 0 aliphatic carbocycles. The second-order valence-electron chi connectivity index (χ2n) is 7.58. The van der Waals surface area contributed by atoms with Crippen molar-refractivity contribution in [2.75, 3.05) is 27.4 Å². The number of ether oxygens (including phenoxy) is 3. The minimum Gasteiger partial charge on any atom is -0.497 e. The monoisotopic (exact) mass is 440 g/mol. The van der Waals surface area contributed by atoms with E-state index in [0.717, 1.165) is 12.8 Å². The SMILES string of the molecule is COc1ccc(OC)c(-c2cc(CN(C[C@@H]3CCCO3)C(=O)c3cccc(F)c3)no2)c1. The van der Waals surface area contributed by atoms with Crippen molar-refractivity contribution in [2.24, 2.45) is 0 Å². The molecular formula is C24H25FN2O5. The van der Waals surface area contributed by atoms with Crippen LogP contribution in [0.15, 0.2) is 53.1 Å². The van der Waals surface area contributed by atoms with Gasteiger partial charge in [0.05, 0.1) is 32.4 Å². The van der Waals surface area contributed by atoms with E-state index in [1.54, 1.807) is 49.5 Å². The van der Waals surface area contributed by atoms with Crippen LogP contribution in [0.4, 0.5) is 4.39 Å². The molecular weight excluding hydrogens is 415 g/mol. The summed E-state index contributed by atoms with van der Waals surface area (Å²) in [6.07, 6.45) is 1.77. The van der Waals surface area contributed by atoms with Gasteiger partial charge < -0.3 is 23.6 Å². The molecule has 3 aromatic rings. The first-order chi connectivity index (χ1) is 15.6. The Morgan fingerprint density at radius 3 is 2.78 bits per heavy atom. The van der Waals surface area contributed by atoms with Crippen LogP contribution in [0.3, 0.4) is 0 Å². The zero-order valence-corrected chi connectivity index (χ0v) is 18.0. The van der Waals surface area contributed by atoms with Gasteiger partial charge in [-0.15, -0.1) is 0 Å². The highest BCUT2D eigenvalue weighted by Gasteiger charge is 2.25. The van der Waals surface area contributed by atoms with Crippen LogP contribution in [-0.4, -0.2) is 49.4 Å². The van der Waals surface area contributed by atoms with Crippen molar-refractivity contribution in [1.29, 1.82) is 0 Å². The van der Waals surface area contributed by atoms with E-state index in [0.29, 0.717) is 41.7 Å². The lowest BCUT2D eigenvalue weighted by molar-refractivity contribution is 0.0502. The lowest BCUT2D eigenvalue weighted by Gasteiger charge is -2.24. The zero-order chi connectivity index (χ0) is 22.5. The highest BCUT2D eigenvalue weighted by Crippen LogP contribution is 2.34. The number of rotatable bonds is 8. The highest BCUT2D eigenvalue weighted by atomic mass is 19.1. The molecule has 32 heavy (non-hydrogen) atoms. The molecule has 0 bridgehead atoms. The molecule has 1 amide bonds. The summed E-state index contributed by atoms with van der Waals surface area (Å²) in [5, 5.41) is 4.15. The van der Waals surface area contributed by atoms with Crippen molar-refractivity contribution >= 4 is 5.91 Å². The Bertz CT molecular complexity index is 1080. The van der Waals surface area contributed by atoms with Crippen molar-refractivity contribution in [3.63, 3.8) is 0 Å². The third kappa shape index (κ3) is 4.91. The quantitative estimate of drug-likeness (QED) is 0.519. The van der Waals surface area contributed by atoms with Gasteiger partial charge in [0.2, 0.25) is 0 Å². The van der Waals surface area contributed by atoms with Gasteiger partial charge in [-0.3, -0.25) is 4.79 Å². The number of carbonyl (C=O) groups is 1. The number of carbonyl (C=O) groups excluding carboxylic acids is 1. The molecule has 168 valence electrons. The van der Waals surface area contributed by atoms with Crippen molar-refractivity contribution in [3.8, 4) is 22.8 Å². The van der Waals surface area contributed by atoms with E-state index in [1.165, 1.54) is 18.2 Å². The van der Waals surface area contributed by atoms with Crippen LogP contribution >= 0.6 is 0 Å². The van der Waals surface area contributed by atoms with E-state index in [4.69, 9.17) is 18.7 Å². The van der Waals surface area contributed by atoms with E-state index in [9.17, 15) is 9.18 Å². The van der Waals surface area contributed by atoms with Gasteiger partial charge in [0.1, 0.15) is 23.0 Å². The standard InChI is InChI=1S/C24H25FN2O5/c1-29-19-8-9-22(30-2)21(13-19)23-12-18(26-32-23)14-27(15-20-7-4-10-31-20)24(28)16-5-3-6-17(25)11-16/h3,5-6,8-9,11-13,20H,4,7,10,14-15H2,1-2H3/t20-/m0/s1. The predicted molar refractivity (Wildman–Crippen MR) is 115 cm³/mol. The van der Waals surface area contributed by atoms with E-state index >= 15 is 0 Å². The third-order valence-corrected chi connectivity index (χ3v) is 5.39. The van der Waals surface area contributed by atoms with Gasteiger partial charge in [-0.2, -0.15) is 0 Å². The Hall–Kier alpha value is -3.39. The smallest absolute Gasteiger partial charge is 0.254 e. The van der Waals surface area contributed by atoms with Crippen LogP contribution in [0.1, 0.15) is 28.9 Å². The second-order valence-corrected chi connectivity index (χ2v) is 7.58. The Balaban J connectivity index is 1.59. The Morgan fingerprint density at radius 2 is 2.06 bits per heavy atom. The van der Waals surface area contributed by atoms with Gasteiger partial charge in [0, 0.05) is 24.8 Å². The fourth-order valence-electron chi connectivity index (χ4n) is 3.77. The molecule has 1 atom stereocenters. The topological polar surface area (TPSA) is 74.0 Å². The molecule has 4 rings (SSSR count). The summed E-state index contributed by atoms with van der Waals surface area (Å²) < 4.78 is 35.7. The average molecular weight is 440 g/mol. The number of hydrogen-bond donors (Lipinski definition) is 0. The summed E-state index contributed by atoms with van der Waals surface area (Å²) in [5.41, 5.74) is 1.53. The largest absolute Gasteiger partial charge is 0.497 e. The lowest BCUT2D eigenvalue weighted by atomic mass is 10.1. The summed E-state index contributed by atoms with van der Waals surface area (Å²) in [4.78, 5) is 14.8. The van der Waals surface area contributed by atoms with Crippen molar-refractivity contribution in [2.45, 2.75) is 25.5 Å².